The molecular weight excluding hydrogens is 366 g/mol. The van der Waals surface area contributed by atoms with Crippen molar-refractivity contribution in [3.05, 3.63) is 89.2 Å². The fourth-order valence-corrected chi connectivity index (χ4v) is 3.82. The molecule has 1 aromatic heterocycles. The van der Waals surface area contributed by atoms with Gasteiger partial charge in [-0.05, 0) is 54.1 Å². The molecule has 1 heterocycles. The van der Waals surface area contributed by atoms with Crippen molar-refractivity contribution in [2.45, 2.75) is 16.6 Å². The van der Waals surface area contributed by atoms with Gasteiger partial charge in [0.15, 0.2) is 5.78 Å². The number of hydrogen-bond donors (Lipinski definition) is 0. The van der Waals surface area contributed by atoms with Gasteiger partial charge in [0, 0.05) is 39.5 Å². The molecule has 2 aromatic carbocycles. The first-order valence-corrected chi connectivity index (χ1v) is 9.41. The van der Waals surface area contributed by atoms with Gasteiger partial charge in [0.25, 0.3) is 0 Å². The van der Waals surface area contributed by atoms with Crippen molar-refractivity contribution in [3.8, 4) is 5.75 Å². The lowest BCUT2D eigenvalue weighted by molar-refractivity contribution is 0.0982. The van der Waals surface area contributed by atoms with Crippen molar-refractivity contribution < 1.29 is 9.53 Å². The number of carbonyl (C=O) groups is 1. The highest BCUT2D eigenvalue weighted by atomic mass is 35.5. The number of pyridine rings is 1. The summed E-state index contributed by atoms with van der Waals surface area (Å²) in [7, 11) is 1.64. The molecular formula is C21H18ClNO2S. The number of hydrogen-bond acceptors (Lipinski definition) is 4. The number of aromatic nitrogens is 1. The zero-order valence-corrected chi connectivity index (χ0v) is 15.8. The van der Waals surface area contributed by atoms with E-state index < -0.39 is 0 Å². The van der Waals surface area contributed by atoms with Crippen LogP contribution in [0.1, 0.15) is 27.6 Å². The van der Waals surface area contributed by atoms with Gasteiger partial charge in [0.05, 0.1) is 7.11 Å². The molecule has 0 aliphatic heterocycles. The van der Waals surface area contributed by atoms with Crippen LogP contribution in [0.15, 0.2) is 78.0 Å². The third kappa shape index (κ3) is 4.87. The summed E-state index contributed by atoms with van der Waals surface area (Å²) in [5, 5.41) is 0.686. The van der Waals surface area contributed by atoms with Crippen LogP contribution in [-0.2, 0) is 0 Å². The van der Waals surface area contributed by atoms with Crippen LogP contribution in [0.25, 0.3) is 0 Å². The van der Waals surface area contributed by atoms with Crippen LogP contribution < -0.4 is 4.74 Å². The van der Waals surface area contributed by atoms with Crippen LogP contribution in [0.5, 0.6) is 5.75 Å². The van der Waals surface area contributed by atoms with Crippen molar-refractivity contribution in [1.82, 2.24) is 4.98 Å². The van der Waals surface area contributed by atoms with Crippen LogP contribution in [0, 0.1) is 0 Å². The van der Waals surface area contributed by atoms with E-state index in [-0.39, 0.29) is 11.0 Å². The summed E-state index contributed by atoms with van der Waals surface area (Å²) in [6.07, 6.45) is 3.67. The van der Waals surface area contributed by atoms with Gasteiger partial charge in [-0.2, -0.15) is 0 Å². The van der Waals surface area contributed by atoms with Crippen LogP contribution >= 0.6 is 23.4 Å². The number of halogens is 1. The SMILES string of the molecule is COc1ccc(C(CC(=O)c2ccncc2)Sc2ccc(Cl)cc2)cc1. The maximum atomic E-state index is 12.7. The third-order valence-corrected chi connectivity index (χ3v) is 5.47. The predicted molar refractivity (Wildman–Crippen MR) is 106 cm³/mol. The van der Waals surface area contributed by atoms with E-state index in [0.717, 1.165) is 16.2 Å². The second kappa shape index (κ2) is 8.88. The number of ketones is 1. The van der Waals surface area contributed by atoms with Crippen LogP contribution in [-0.4, -0.2) is 17.9 Å². The highest BCUT2D eigenvalue weighted by Gasteiger charge is 2.19. The first kappa shape index (κ1) is 18.5. The number of rotatable bonds is 7. The highest BCUT2D eigenvalue weighted by Crippen LogP contribution is 2.39. The predicted octanol–water partition coefficient (Wildman–Crippen LogP) is 5.85. The van der Waals surface area contributed by atoms with Crippen molar-refractivity contribution in [3.63, 3.8) is 0 Å². The third-order valence-electron chi connectivity index (χ3n) is 3.95. The lowest BCUT2D eigenvalue weighted by atomic mass is 10.0. The standard InChI is InChI=1S/C21H18ClNO2S/c1-25-18-6-2-16(3-7-18)21(26-19-8-4-17(22)5-9-19)14-20(24)15-10-12-23-13-11-15/h2-13,21H,14H2,1H3. The Morgan fingerprint density at radius 2 is 1.69 bits per heavy atom. The number of benzene rings is 2. The Labute approximate surface area is 162 Å². The molecule has 3 rings (SSSR count). The topological polar surface area (TPSA) is 39.2 Å². The monoisotopic (exact) mass is 383 g/mol. The van der Waals surface area contributed by atoms with Crippen LogP contribution in [0.4, 0.5) is 0 Å². The molecule has 26 heavy (non-hydrogen) atoms. The largest absolute Gasteiger partial charge is 0.497 e. The van der Waals surface area contributed by atoms with Crippen LogP contribution in [0.2, 0.25) is 5.02 Å². The van der Waals surface area contributed by atoms with E-state index in [1.54, 1.807) is 43.4 Å². The fourth-order valence-electron chi connectivity index (χ4n) is 2.55. The van der Waals surface area contributed by atoms with Crippen molar-refractivity contribution in [1.29, 1.82) is 0 Å². The maximum Gasteiger partial charge on any atom is 0.164 e. The molecule has 0 bridgehead atoms. The van der Waals surface area contributed by atoms with Gasteiger partial charge < -0.3 is 4.74 Å². The summed E-state index contributed by atoms with van der Waals surface area (Å²) in [6.45, 7) is 0. The van der Waals surface area contributed by atoms with E-state index in [1.165, 1.54) is 0 Å². The Morgan fingerprint density at radius 3 is 2.31 bits per heavy atom. The lowest BCUT2D eigenvalue weighted by Gasteiger charge is -2.17. The number of nitrogens with zero attached hydrogens (tertiary/aromatic N) is 1. The Balaban J connectivity index is 1.84. The first-order chi connectivity index (χ1) is 12.7. The fraction of sp³-hybridized carbons (Fsp3) is 0.143. The molecule has 0 aliphatic rings. The number of carbonyl (C=O) groups excluding carboxylic acids is 1. The van der Waals surface area contributed by atoms with E-state index in [0.29, 0.717) is 17.0 Å². The van der Waals surface area contributed by atoms with Gasteiger partial charge in [-0.15, -0.1) is 11.8 Å². The molecule has 0 saturated carbocycles. The molecule has 0 fully saturated rings. The average Bonchev–Trinajstić information content (AvgIpc) is 2.70. The number of methoxy groups -OCH3 is 1. The summed E-state index contributed by atoms with van der Waals surface area (Å²) in [5.41, 5.74) is 1.75. The minimum atomic E-state index is -0.0113. The summed E-state index contributed by atoms with van der Waals surface area (Å²) >= 11 is 7.63. The summed E-state index contributed by atoms with van der Waals surface area (Å²) in [5.74, 6) is 0.888. The zero-order valence-electron chi connectivity index (χ0n) is 14.3. The molecule has 3 nitrogen and oxygen atoms in total. The summed E-state index contributed by atoms with van der Waals surface area (Å²) < 4.78 is 5.24. The van der Waals surface area contributed by atoms with Gasteiger partial charge in [0.1, 0.15) is 5.75 Å². The molecule has 0 aliphatic carbocycles. The quantitative estimate of drug-likeness (QED) is 0.379. The molecule has 0 N–H and O–H groups in total. The molecule has 0 radical (unpaired) electrons. The molecule has 0 spiro atoms. The highest BCUT2D eigenvalue weighted by molar-refractivity contribution is 7.99. The Hall–Kier alpha value is -2.30. The molecule has 5 heteroatoms. The second-order valence-electron chi connectivity index (χ2n) is 5.70. The van der Waals surface area contributed by atoms with E-state index in [4.69, 9.17) is 16.3 Å². The lowest BCUT2D eigenvalue weighted by Crippen LogP contribution is -2.05. The minimum absolute atomic E-state index is 0.0113. The van der Waals surface area contributed by atoms with Crippen molar-refractivity contribution in [2.75, 3.05) is 7.11 Å². The zero-order chi connectivity index (χ0) is 18.4. The van der Waals surface area contributed by atoms with Crippen molar-refractivity contribution in [2.24, 2.45) is 0 Å². The summed E-state index contributed by atoms with van der Waals surface area (Å²) in [4.78, 5) is 17.8. The van der Waals surface area contributed by atoms with Gasteiger partial charge in [0.2, 0.25) is 0 Å². The van der Waals surface area contributed by atoms with E-state index in [2.05, 4.69) is 4.98 Å². The Bertz CT molecular complexity index is 851. The average molecular weight is 384 g/mol. The number of ether oxygens (including phenoxy) is 1. The molecule has 3 aromatic rings. The maximum absolute atomic E-state index is 12.7. The molecule has 1 atom stereocenters. The molecule has 132 valence electrons. The molecule has 0 saturated heterocycles. The van der Waals surface area contributed by atoms with Gasteiger partial charge in [-0.3, -0.25) is 9.78 Å². The van der Waals surface area contributed by atoms with E-state index >= 15 is 0 Å². The molecule has 0 amide bonds. The Morgan fingerprint density at radius 1 is 1.04 bits per heavy atom. The van der Waals surface area contributed by atoms with E-state index in [1.807, 2.05) is 48.5 Å². The van der Waals surface area contributed by atoms with Gasteiger partial charge in [-0.1, -0.05) is 23.7 Å². The van der Waals surface area contributed by atoms with Gasteiger partial charge in [-0.25, -0.2) is 0 Å². The first-order valence-electron chi connectivity index (χ1n) is 8.15. The summed E-state index contributed by atoms with van der Waals surface area (Å²) in [6, 6.07) is 19.0. The number of thioether (sulfide) groups is 1. The van der Waals surface area contributed by atoms with E-state index in [9.17, 15) is 4.79 Å². The molecule has 1 unspecified atom stereocenters. The Kier molecular flexibility index (Phi) is 6.31. The van der Waals surface area contributed by atoms with Gasteiger partial charge >= 0.3 is 0 Å². The smallest absolute Gasteiger partial charge is 0.164 e. The minimum Gasteiger partial charge on any atom is -0.497 e. The van der Waals surface area contributed by atoms with Crippen LogP contribution in [0.3, 0.4) is 0 Å². The normalized spacial score (nSPS) is 11.8. The van der Waals surface area contributed by atoms with Crippen molar-refractivity contribution >= 4 is 29.1 Å². The second-order valence-corrected chi connectivity index (χ2v) is 7.41. The number of Topliss-reactive ketones (excluding diaryl/α,β-unsaturated/α-hetero) is 1.